The third kappa shape index (κ3) is 32.7. The molecule has 0 saturated carbocycles. The van der Waals surface area contributed by atoms with Gasteiger partial charge in [0.15, 0.2) is 0 Å². The van der Waals surface area contributed by atoms with E-state index in [-0.39, 0.29) is 11.6 Å². The van der Waals surface area contributed by atoms with Crippen LogP contribution in [0.3, 0.4) is 0 Å². The van der Waals surface area contributed by atoms with Gasteiger partial charge in [-0.3, -0.25) is 4.90 Å². The quantitative estimate of drug-likeness (QED) is 0.314. The second kappa shape index (κ2) is 24.6. The highest BCUT2D eigenvalue weighted by Gasteiger charge is 2.03. The monoisotopic (exact) mass is 479 g/mol. The van der Waals surface area contributed by atoms with Crippen LogP contribution >= 0.6 is 0 Å². The van der Waals surface area contributed by atoms with Crippen molar-refractivity contribution in [2.45, 2.75) is 128 Å². The van der Waals surface area contributed by atoms with Crippen LogP contribution in [-0.4, -0.2) is 23.8 Å². The Labute approximate surface area is 213 Å². The highest BCUT2D eigenvalue weighted by atomic mass is 19.1. The van der Waals surface area contributed by atoms with Crippen molar-refractivity contribution in [1.29, 1.82) is 0 Å². The van der Waals surface area contributed by atoms with Crippen molar-refractivity contribution in [3.63, 3.8) is 0 Å². The van der Waals surface area contributed by atoms with Crippen LogP contribution in [0.25, 0.3) is 0 Å². The number of allylic oxidation sites excluding steroid dienone is 2. The Hall–Kier alpha value is -1.48. The fourth-order valence-electron chi connectivity index (χ4n) is 2.99. The van der Waals surface area contributed by atoms with E-state index < -0.39 is 0 Å². The second-order valence-electron chi connectivity index (χ2n) is 10.5. The lowest BCUT2D eigenvalue weighted by Crippen LogP contribution is -2.24. The van der Waals surface area contributed by atoms with Crippen molar-refractivity contribution in [2.24, 2.45) is 5.41 Å². The van der Waals surface area contributed by atoms with Crippen LogP contribution in [0.1, 0.15) is 127 Å². The summed E-state index contributed by atoms with van der Waals surface area (Å²) in [6.45, 7) is 25.9. The number of ketones is 1. The summed E-state index contributed by atoms with van der Waals surface area (Å²) in [5.74, 6) is 0.286. The lowest BCUT2D eigenvalue weighted by molar-refractivity contribution is -0.114. The van der Waals surface area contributed by atoms with Gasteiger partial charge in [-0.25, -0.2) is 4.39 Å². The van der Waals surface area contributed by atoms with Crippen LogP contribution in [0.15, 0.2) is 41.7 Å². The first-order valence-corrected chi connectivity index (χ1v) is 13.5. The average Bonchev–Trinajstić information content (AvgIpc) is 2.73. The minimum Gasteiger partial charge on any atom is -0.300 e. The van der Waals surface area contributed by atoms with Crippen LogP contribution in [0, 0.1) is 5.41 Å². The smallest absolute Gasteiger partial charge is 0.126 e. The first-order valence-electron chi connectivity index (χ1n) is 13.5. The molecule has 0 radical (unpaired) electrons. The molecule has 0 unspecified atom stereocenters. The molecule has 34 heavy (non-hydrogen) atoms. The topological polar surface area (TPSA) is 20.3 Å². The number of carbonyl (C=O) groups excluding carboxylic acids is 1. The number of benzene rings is 1. The van der Waals surface area contributed by atoms with E-state index >= 15 is 0 Å². The van der Waals surface area contributed by atoms with Crippen molar-refractivity contribution in [3.8, 4) is 0 Å². The zero-order valence-electron chi connectivity index (χ0n) is 24.7. The third-order valence-electron chi connectivity index (χ3n) is 4.13. The summed E-state index contributed by atoms with van der Waals surface area (Å²) in [6, 6.07) is 10.7. The van der Waals surface area contributed by atoms with Crippen molar-refractivity contribution >= 4 is 5.78 Å². The van der Waals surface area contributed by atoms with E-state index in [9.17, 15) is 9.18 Å². The summed E-state index contributed by atoms with van der Waals surface area (Å²) in [7, 11) is 0. The summed E-state index contributed by atoms with van der Waals surface area (Å²) in [5.41, 5.74) is 2.96. The van der Waals surface area contributed by atoms with Gasteiger partial charge < -0.3 is 4.79 Å². The van der Waals surface area contributed by atoms with E-state index in [4.69, 9.17) is 0 Å². The minimum absolute atomic E-state index is 0.119. The number of carbonyl (C=O) groups is 1. The molecule has 0 aliphatic rings. The molecular formula is C31H58FNO. The van der Waals surface area contributed by atoms with Gasteiger partial charge in [-0.15, -0.1) is 0 Å². The van der Waals surface area contributed by atoms with Gasteiger partial charge in [0.1, 0.15) is 5.78 Å². The minimum atomic E-state index is 0.119. The van der Waals surface area contributed by atoms with Crippen LogP contribution in [0.2, 0.25) is 0 Å². The number of halogens is 1. The third-order valence-corrected chi connectivity index (χ3v) is 4.13. The molecule has 0 aromatic heterocycles. The Balaban J connectivity index is -0.000000426. The Morgan fingerprint density at radius 1 is 0.794 bits per heavy atom. The molecule has 1 aromatic carbocycles. The van der Waals surface area contributed by atoms with Gasteiger partial charge in [0.25, 0.3) is 0 Å². The maximum absolute atomic E-state index is 13.1. The molecule has 0 bridgehead atoms. The Morgan fingerprint density at radius 3 is 1.47 bits per heavy atom. The molecule has 0 saturated heterocycles. The predicted molar refractivity (Wildman–Crippen MR) is 152 cm³/mol. The van der Waals surface area contributed by atoms with Gasteiger partial charge in [-0.1, -0.05) is 105 Å². The summed E-state index contributed by atoms with van der Waals surface area (Å²) in [6.07, 6.45) is 7.04. The lowest BCUT2D eigenvalue weighted by atomic mass is 10.0. The molecular weight excluding hydrogens is 421 g/mol. The standard InChI is InChI=1S/C13H21N.C10H19F.C5H12.C3H6O/c1-3-10-14(11-4-2)12-13-8-6-5-7-9-13;1-4-7-9(8-5-2)10(11)6-3;1-5(2,3)4;1-3(2)4/h5-9H,3-4,10-12H2,1-2H3;4-8H2,1-3H3;1-4H3;1-2H3. The van der Waals surface area contributed by atoms with Crippen LogP contribution < -0.4 is 0 Å². The molecule has 0 atom stereocenters. The maximum Gasteiger partial charge on any atom is 0.126 e. The zero-order chi connectivity index (χ0) is 27.0. The fraction of sp³-hybridized carbons (Fsp3) is 0.710. The summed E-state index contributed by atoms with van der Waals surface area (Å²) < 4.78 is 13.1. The van der Waals surface area contributed by atoms with E-state index in [1.807, 2.05) is 6.92 Å². The summed E-state index contributed by atoms with van der Waals surface area (Å²) in [5, 5.41) is 0. The first kappa shape index (κ1) is 37.1. The van der Waals surface area contributed by atoms with Gasteiger partial charge in [0.05, 0.1) is 5.83 Å². The van der Waals surface area contributed by atoms with Gasteiger partial charge in [0.2, 0.25) is 0 Å². The highest BCUT2D eigenvalue weighted by Crippen LogP contribution is 2.20. The molecule has 0 N–H and O–H groups in total. The number of hydrogen-bond donors (Lipinski definition) is 0. The fourth-order valence-corrected chi connectivity index (χ4v) is 2.99. The van der Waals surface area contributed by atoms with E-state index in [1.165, 1.54) is 45.3 Å². The maximum atomic E-state index is 13.1. The van der Waals surface area contributed by atoms with Crippen molar-refractivity contribution in [2.75, 3.05) is 13.1 Å². The Kier molecular flexibility index (Phi) is 26.9. The molecule has 1 rings (SSSR count). The SMILES string of the molecule is CC(C)(C)C.CC(C)=O.CCCC(CCC)=C(F)CC.CCCN(CCC)Cc1ccccc1. The summed E-state index contributed by atoms with van der Waals surface area (Å²) in [4.78, 5) is 12.0. The molecule has 0 aliphatic carbocycles. The van der Waals surface area contributed by atoms with Gasteiger partial charge in [0, 0.05) is 6.54 Å². The largest absolute Gasteiger partial charge is 0.300 e. The molecule has 3 heteroatoms. The zero-order valence-corrected chi connectivity index (χ0v) is 24.7. The van der Waals surface area contributed by atoms with E-state index in [0.717, 1.165) is 37.8 Å². The first-order chi connectivity index (χ1) is 15.9. The van der Waals surface area contributed by atoms with Crippen LogP contribution in [0.5, 0.6) is 0 Å². The molecule has 0 heterocycles. The molecule has 0 aliphatic heterocycles. The van der Waals surface area contributed by atoms with Gasteiger partial charge in [-0.05, 0) is 75.6 Å². The van der Waals surface area contributed by atoms with E-state index in [1.54, 1.807) is 0 Å². The molecule has 200 valence electrons. The molecule has 0 fully saturated rings. The van der Waals surface area contributed by atoms with Crippen LogP contribution in [0.4, 0.5) is 4.39 Å². The molecule has 1 aromatic rings. The van der Waals surface area contributed by atoms with Gasteiger partial charge in [-0.2, -0.15) is 0 Å². The van der Waals surface area contributed by atoms with E-state index in [2.05, 4.69) is 90.6 Å². The van der Waals surface area contributed by atoms with E-state index in [0.29, 0.717) is 11.8 Å². The Morgan fingerprint density at radius 2 is 1.18 bits per heavy atom. The molecule has 2 nitrogen and oxygen atoms in total. The number of Topliss-reactive ketones (excluding diaryl/α,β-unsaturated/α-hetero) is 1. The summed E-state index contributed by atoms with van der Waals surface area (Å²) >= 11 is 0. The predicted octanol–water partition coefficient (Wildman–Crippen LogP) is 10.2. The number of nitrogens with zero attached hydrogens (tertiary/aromatic N) is 1. The number of rotatable bonds is 11. The highest BCUT2D eigenvalue weighted by molar-refractivity contribution is 5.72. The molecule has 0 amide bonds. The van der Waals surface area contributed by atoms with Crippen LogP contribution in [-0.2, 0) is 11.3 Å². The van der Waals surface area contributed by atoms with Crippen molar-refractivity contribution in [3.05, 3.63) is 47.3 Å². The van der Waals surface area contributed by atoms with Crippen molar-refractivity contribution < 1.29 is 9.18 Å². The normalized spacial score (nSPS) is 10.1. The Bertz CT molecular complexity index is 578. The molecule has 0 spiro atoms. The lowest BCUT2D eigenvalue weighted by Gasteiger charge is -2.20. The second-order valence-corrected chi connectivity index (χ2v) is 10.5. The average molecular weight is 480 g/mol. The van der Waals surface area contributed by atoms with Gasteiger partial charge >= 0.3 is 0 Å². The van der Waals surface area contributed by atoms with Crippen molar-refractivity contribution in [1.82, 2.24) is 4.90 Å². The number of hydrogen-bond acceptors (Lipinski definition) is 2.